The molecule has 0 saturated heterocycles. The SMILES string of the molecule is Cc1cc(-c2nnc(-c3cc(C)c(N)c(C)c3)o2)cc(C)c1N. The van der Waals surface area contributed by atoms with Gasteiger partial charge in [-0.3, -0.25) is 0 Å². The summed E-state index contributed by atoms with van der Waals surface area (Å²) in [7, 11) is 0. The molecule has 118 valence electrons. The van der Waals surface area contributed by atoms with Crippen molar-refractivity contribution in [1.82, 2.24) is 10.2 Å². The molecule has 1 aromatic heterocycles. The Kier molecular flexibility index (Phi) is 3.56. The van der Waals surface area contributed by atoms with Gasteiger partial charge >= 0.3 is 0 Å². The third-order valence-corrected chi connectivity index (χ3v) is 4.11. The molecule has 0 aliphatic carbocycles. The number of rotatable bonds is 2. The molecule has 0 spiro atoms. The molecule has 5 nitrogen and oxygen atoms in total. The van der Waals surface area contributed by atoms with Gasteiger partial charge in [0.25, 0.3) is 0 Å². The summed E-state index contributed by atoms with van der Waals surface area (Å²) in [6.45, 7) is 7.87. The van der Waals surface area contributed by atoms with Crippen LogP contribution < -0.4 is 11.5 Å². The van der Waals surface area contributed by atoms with Crippen molar-refractivity contribution in [2.45, 2.75) is 27.7 Å². The lowest BCUT2D eigenvalue weighted by atomic mass is 10.0. The lowest BCUT2D eigenvalue weighted by Gasteiger charge is -2.07. The van der Waals surface area contributed by atoms with Crippen molar-refractivity contribution in [3.8, 4) is 22.9 Å². The van der Waals surface area contributed by atoms with Crippen molar-refractivity contribution in [3.63, 3.8) is 0 Å². The summed E-state index contributed by atoms with van der Waals surface area (Å²) in [4.78, 5) is 0. The van der Waals surface area contributed by atoms with E-state index < -0.39 is 0 Å². The fourth-order valence-corrected chi connectivity index (χ4v) is 2.65. The molecule has 0 radical (unpaired) electrons. The molecule has 0 amide bonds. The second-order valence-corrected chi connectivity index (χ2v) is 5.96. The van der Waals surface area contributed by atoms with Crippen molar-refractivity contribution in [2.75, 3.05) is 11.5 Å². The topological polar surface area (TPSA) is 91.0 Å². The molecular formula is C18H20N4O. The van der Waals surface area contributed by atoms with E-state index in [9.17, 15) is 0 Å². The van der Waals surface area contributed by atoms with Gasteiger partial charge in [-0.1, -0.05) is 0 Å². The minimum Gasteiger partial charge on any atom is -0.416 e. The Labute approximate surface area is 135 Å². The smallest absolute Gasteiger partial charge is 0.248 e. The average Bonchev–Trinajstić information content (AvgIpc) is 2.99. The molecule has 4 N–H and O–H groups in total. The minimum atomic E-state index is 0.485. The quantitative estimate of drug-likeness (QED) is 0.703. The highest BCUT2D eigenvalue weighted by Gasteiger charge is 2.14. The number of hydrogen-bond acceptors (Lipinski definition) is 5. The molecule has 5 heteroatoms. The van der Waals surface area contributed by atoms with Crippen LogP contribution in [0.1, 0.15) is 22.3 Å². The summed E-state index contributed by atoms with van der Waals surface area (Å²) in [6.07, 6.45) is 0. The number of nitrogens with zero attached hydrogens (tertiary/aromatic N) is 2. The molecule has 0 atom stereocenters. The highest BCUT2D eigenvalue weighted by atomic mass is 16.4. The van der Waals surface area contributed by atoms with Crippen LogP contribution in [0.5, 0.6) is 0 Å². The first kappa shape index (κ1) is 15.1. The number of aromatic nitrogens is 2. The normalized spacial score (nSPS) is 11.0. The molecule has 0 saturated carbocycles. The van der Waals surface area contributed by atoms with Gasteiger partial charge in [-0.25, -0.2) is 0 Å². The summed E-state index contributed by atoms with van der Waals surface area (Å²) in [5.41, 5.74) is 19.3. The van der Waals surface area contributed by atoms with E-state index in [-0.39, 0.29) is 0 Å². The van der Waals surface area contributed by atoms with Crippen LogP contribution in [0.2, 0.25) is 0 Å². The number of benzene rings is 2. The van der Waals surface area contributed by atoms with E-state index in [2.05, 4.69) is 10.2 Å². The predicted octanol–water partition coefficient (Wildman–Crippen LogP) is 3.80. The first-order valence-corrected chi connectivity index (χ1v) is 7.44. The second kappa shape index (κ2) is 5.43. The zero-order valence-corrected chi connectivity index (χ0v) is 13.8. The van der Waals surface area contributed by atoms with E-state index in [1.165, 1.54) is 0 Å². The van der Waals surface area contributed by atoms with Crippen LogP contribution in [-0.4, -0.2) is 10.2 Å². The Morgan fingerprint density at radius 2 is 0.957 bits per heavy atom. The Balaban J connectivity index is 2.04. The lowest BCUT2D eigenvalue weighted by molar-refractivity contribution is 0.584. The molecular weight excluding hydrogens is 288 g/mol. The molecule has 0 aliphatic heterocycles. The van der Waals surface area contributed by atoms with Gasteiger partial charge in [0.15, 0.2) is 0 Å². The molecule has 2 aromatic carbocycles. The monoisotopic (exact) mass is 308 g/mol. The fourth-order valence-electron chi connectivity index (χ4n) is 2.65. The molecule has 0 fully saturated rings. The van der Waals surface area contributed by atoms with Crippen LogP contribution in [0.25, 0.3) is 22.9 Å². The van der Waals surface area contributed by atoms with Crippen molar-refractivity contribution in [3.05, 3.63) is 46.5 Å². The fraction of sp³-hybridized carbons (Fsp3) is 0.222. The molecule has 0 unspecified atom stereocenters. The second-order valence-electron chi connectivity index (χ2n) is 5.96. The summed E-state index contributed by atoms with van der Waals surface area (Å²) in [6, 6.07) is 7.83. The maximum Gasteiger partial charge on any atom is 0.248 e. The zero-order valence-electron chi connectivity index (χ0n) is 13.8. The average molecular weight is 308 g/mol. The number of nitrogen functional groups attached to an aromatic ring is 2. The van der Waals surface area contributed by atoms with Gasteiger partial charge in [0.05, 0.1) is 0 Å². The lowest BCUT2D eigenvalue weighted by Crippen LogP contribution is -1.94. The summed E-state index contributed by atoms with van der Waals surface area (Å²) in [5.74, 6) is 0.969. The van der Waals surface area contributed by atoms with E-state index in [1.54, 1.807) is 0 Å². The number of nitrogens with two attached hydrogens (primary N) is 2. The minimum absolute atomic E-state index is 0.485. The summed E-state index contributed by atoms with van der Waals surface area (Å²) < 4.78 is 5.85. The van der Waals surface area contributed by atoms with Gasteiger partial charge in [-0.15, -0.1) is 10.2 Å². The van der Waals surface area contributed by atoms with Crippen LogP contribution in [0.15, 0.2) is 28.7 Å². The predicted molar refractivity (Wildman–Crippen MR) is 92.9 cm³/mol. The zero-order chi connectivity index (χ0) is 16.7. The van der Waals surface area contributed by atoms with Crippen molar-refractivity contribution < 1.29 is 4.42 Å². The van der Waals surface area contributed by atoms with Crippen LogP contribution in [0.4, 0.5) is 11.4 Å². The van der Waals surface area contributed by atoms with E-state index >= 15 is 0 Å². The molecule has 0 aliphatic rings. The summed E-state index contributed by atoms with van der Waals surface area (Å²) in [5, 5.41) is 8.34. The van der Waals surface area contributed by atoms with E-state index in [1.807, 2.05) is 52.0 Å². The maximum atomic E-state index is 5.99. The van der Waals surface area contributed by atoms with E-state index in [0.29, 0.717) is 11.8 Å². The van der Waals surface area contributed by atoms with Gasteiger partial charge in [0, 0.05) is 22.5 Å². The van der Waals surface area contributed by atoms with Crippen LogP contribution in [0, 0.1) is 27.7 Å². The first-order valence-electron chi connectivity index (χ1n) is 7.44. The van der Waals surface area contributed by atoms with E-state index in [4.69, 9.17) is 15.9 Å². The summed E-state index contributed by atoms with van der Waals surface area (Å²) >= 11 is 0. The largest absolute Gasteiger partial charge is 0.416 e. The Morgan fingerprint density at radius 3 is 1.26 bits per heavy atom. The third-order valence-electron chi connectivity index (χ3n) is 4.11. The van der Waals surface area contributed by atoms with Gasteiger partial charge in [0.2, 0.25) is 11.8 Å². The van der Waals surface area contributed by atoms with Crippen LogP contribution >= 0.6 is 0 Å². The Hall–Kier alpha value is -2.82. The van der Waals surface area contributed by atoms with Gasteiger partial charge in [0.1, 0.15) is 0 Å². The first-order chi connectivity index (χ1) is 10.9. The van der Waals surface area contributed by atoms with Crippen molar-refractivity contribution >= 4 is 11.4 Å². The maximum absolute atomic E-state index is 5.99. The highest BCUT2D eigenvalue weighted by Crippen LogP contribution is 2.30. The van der Waals surface area contributed by atoms with Crippen molar-refractivity contribution in [1.29, 1.82) is 0 Å². The van der Waals surface area contributed by atoms with E-state index in [0.717, 1.165) is 44.8 Å². The third kappa shape index (κ3) is 2.65. The van der Waals surface area contributed by atoms with Gasteiger partial charge in [-0.05, 0) is 74.2 Å². The Bertz CT molecular complexity index is 778. The Morgan fingerprint density at radius 1 is 0.652 bits per heavy atom. The van der Waals surface area contributed by atoms with Crippen LogP contribution in [0.3, 0.4) is 0 Å². The van der Waals surface area contributed by atoms with Gasteiger partial charge in [-0.2, -0.15) is 0 Å². The van der Waals surface area contributed by atoms with Gasteiger partial charge < -0.3 is 15.9 Å². The van der Waals surface area contributed by atoms with Crippen molar-refractivity contribution in [2.24, 2.45) is 0 Å². The standard InChI is InChI=1S/C18H20N4O/c1-9-5-13(6-10(2)15(9)19)17-21-22-18(23-17)14-7-11(3)16(20)12(4)8-14/h5-8H,19-20H2,1-4H3. The molecule has 23 heavy (non-hydrogen) atoms. The molecule has 1 heterocycles. The number of aryl methyl sites for hydroxylation is 4. The molecule has 0 bridgehead atoms. The molecule has 3 aromatic rings. The number of anilines is 2. The van der Waals surface area contributed by atoms with Crippen LogP contribution in [-0.2, 0) is 0 Å². The highest BCUT2D eigenvalue weighted by molar-refractivity contribution is 5.67. The number of hydrogen-bond donors (Lipinski definition) is 2. The molecule has 3 rings (SSSR count).